The number of hydrogen-bond donors (Lipinski definition) is 0. The van der Waals surface area contributed by atoms with E-state index in [1.165, 1.54) is 24.0 Å². The van der Waals surface area contributed by atoms with E-state index in [4.69, 9.17) is 14.2 Å². The first-order valence-corrected chi connectivity index (χ1v) is 9.92. The molecule has 2 heterocycles. The second-order valence-corrected chi connectivity index (χ2v) is 8.06. The Balaban J connectivity index is 1.94. The minimum absolute atomic E-state index is 0.0257. The molecule has 0 radical (unpaired) electrons. The Kier molecular flexibility index (Phi) is 6.50. The lowest BCUT2D eigenvalue weighted by molar-refractivity contribution is -0.235. The van der Waals surface area contributed by atoms with Crippen LogP contribution in [-0.2, 0) is 38.3 Å². The van der Waals surface area contributed by atoms with Gasteiger partial charge in [-0.2, -0.15) is 0 Å². The van der Waals surface area contributed by atoms with Crippen LogP contribution in [0.25, 0.3) is 0 Å². The molecule has 2 atom stereocenters. The third kappa shape index (κ3) is 3.89. The lowest BCUT2D eigenvalue weighted by Crippen LogP contribution is -2.76. The van der Waals surface area contributed by atoms with Crippen LogP contribution in [0, 0.1) is 5.92 Å². The molecular weight excluding hydrogens is 344 g/mol. The SMILES string of the molecule is COCO[C@@]1(Cc2nccc3c2CCCC3)C(=O)N(COC)[C@H]1CC(C)C. The van der Waals surface area contributed by atoms with E-state index in [1.807, 2.05) is 6.20 Å². The number of hydrogen-bond acceptors (Lipinski definition) is 5. The summed E-state index contributed by atoms with van der Waals surface area (Å²) in [5.41, 5.74) is 2.76. The zero-order valence-corrected chi connectivity index (χ0v) is 17.0. The van der Waals surface area contributed by atoms with Crippen molar-refractivity contribution in [1.29, 1.82) is 0 Å². The van der Waals surface area contributed by atoms with Crippen molar-refractivity contribution in [2.75, 3.05) is 27.7 Å². The number of aryl methyl sites for hydroxylation is 1. The number of aromatic nitrogens is 1. The van der Waals surface area contributed by atoms with Gasteiger partial charge in [0.05, 0.1) is 6.04 Å². The second-order valence-electron chi connectivity index (χ2n) is 8.06. The van der Waals surface area contributed by atoms with Crippen LogP contribution in [0.5, 0.6) is 0 Å². The van der Waals surface area contributed by atoms with Crippen molar-refractivity contribution in [2.24, 2.45) is 5.92 Å². The third-order valence-electron chi connectivity index (χ3n) is 5.73. The zero-order valence-electron chi connectivity index (χ0n) is 17.0. The molecule has 0 spiro atoms. The topological polar surface area (TPSA) is 60.9 Å². The van der Waals surface area contributed by atoms with Gasteiger partial charge in [-0.1, -0.05) is 13.8 Å². The molecule has 1 aliphatic carbocycles. The highest BCUT2D eigenvalue weighted by molar-refractivity contribution is 5.93. The normalized spacial score (nSPS) is 24.9. The van der Waals surface area contributed by atoms with Crippen molar-refractivity contribution in [3.05, 3.63) is 29.1 Å². The van der Waals surface area contributed by atoms with Crippen LogP contribution in [0.3, 0.4) is 0 Å². The van der Waals surface area contributed by atoms with Crippen molar-refractivity contribution in [3.63, 3.8) is 0 Å². The van der Waals surface area contributed by atoms with E-state index in [-0.39, 0.29) is 25.5 Å². The minimum Gasteiger partial charge on any atom is -0.364 e. The van der Waals surface area contributed by atoms with Gasteiger partial charge in [0.1, 0.15) is 13.5 Å². The maximum atomic E-state index is 13.2. The Morgan fingerprint density at radius 3 is 2.74 bits per heavy atom. The van der Waals surface area contributed by atoms with Gasteiger partial charge in [0.25, 0.3) is 5.91 Å². The van der Waals surface area contributed by atoms with Crippen LogP contribution in [0.4, 0.5) is 0 Å². The molecule has 0 N–H and O–H groups in total. The smallest absolute Gasteiger partial charge is 0.259 e. The number of ether oxygens (including phenoxy) is 3. The van der Waals surface area contributed by atoms with Crippen molar-refractivity contribution in [3.8, 4) is 0 Å². The zero-order chi connectivity index (χ0) is 19.4. The maximum Gasteiger partial charge on any atom is 0.259 e. The van der Waals surface area contributed by atoms with E-state index in [9.17, 15) is 4.79 Å². The highest BCUT2D eigenvalue weighted by atomic mass is 16.7. The van der Waals surface area contributed by atoms with E-state index in [0.717, 1.165) is 25.0 Å². The molecule has 6 nitrogen and oxygen atoms in total. The molecule has 3 rings (SSSR count). The average Bonchev–Trinajstić information content (AvgIpc) is 2.68. The number of fused-ring (bicyclic) bond motifs is 1. The predicted molar refractivity (Wildman–Crippen MR) is 102 cm³/mol. The number of amides is 1. The minimum atomic E-state index is -0.918. The number of rotatable bonds is 9. The maximum absolute atomic E-state index is 13.2. The third-order valence-corrected chi connectivity index (χ3v) is 5.73. The van der Waals surface area contributed by atoms with Crippen LogP contribution in [0.15, 0.2) is 12.3 Å². The molecule has 1 aromatic rings. The Hall–Kier alpha value is -1.50. The van der Waals surface area contributed by atoms with Crippen LogP contribution in [0.1, 0.15) is 49.9 Å². The van der Waals surface area contributed by atoms with Gasteiger partial charge in [-0.3, -0.25) is 9.78 Å². The Morgan fingerprint density at radius 2 is 2.04 bits per heavy atom. The molecule has 0 unspecified atom stereocenters. The summed E-state index contributed by atoms with van der Waals surface area (Å²) in [4.78, 5) is 19.6. The molecule has 150 valence electrons. The highest BCUT2D eigenvalue weighted by Gasteiger charge is 2.62. The molecule has 0 saturated carbocycles. The number of pyridine rings is 1. The molecule has 2 aliphatic rings. The summed E-state index contributed by atoms with van der Waals surface area (Å²) in [6, 6.07) is 2.08. The van der Waals surface area contributed by atoms with E-state index in [0.29, 0.717) is 12.3 Å². The standard InChI is InChI=1S/C21H32N2O4/c1-15(2)11-19-21(27-14-26-4,20(24)23(19)13-25-3)12-18-17-8-6-5-7-16(17)9-10-22-18/h9-10,15,19H,5-8,11-14H2,1-4H3/t19-,21+/m0/s1. The van der Waals surface area contributed by atoms with E-state index in [2.05, 4.69) is 24.9 Å². The first-order chi connectivity index (χ1) is 13.0. The Morgan fingerprint density at radius 1 is 1.26 bits per heavy atom. The fourth-order valence-electron chi connectivity index (χ4n) is 4.47. The molecule has 0 aromatic carbocycles. The fourth-order valence-corrected chi connectivity index (χ4v) is 4.47. The highest BCUT2D eigenvalue weighted by Crippen LogP contribution is 2.41. The number of likely N-dealkylation sites (tertiary alicyclic amines) is 1. The van der Waals surface area contributed by atoms with E-state index < -0.39 is 5.60 Å². The number of carbonyl (C=O) groups excluding carboxylic acids is 1. The summed E-state index contributed by atoms with van der Waals surface area (Å²) in [6.07, 6.45) is 7.75. The largest absolute Gasteiger partial charge is 0.364 e. The molecular formula is C21H32N2O4. The molecule has 1 saturated heterocycles. The van der Waals surface area contributed by atoms with E-state index >= 15 is 0 Å². The molecule has 6 heteroatoms. The summed E-state index contributed by atoms with van der Waals surface area (Å²) in [6.45, 7) is 4.71. The molecule has 27 heavy (non-hydrogen) atoms. The lowest BCUT2D eigenvalue weighted by atomic mass is 9.73. The van der Waals surface area contributed by atoms with Crippen molar-refractivity contribution in [2.45, 2.75) is 64.0 Å². The molecule has 1 amide bonds. The second kappa shape index (κ2) is 8.67. The Labute approximate surface area is 162 Å². The van der Waals surface area contributed by atoms with Gasteiger partial charge in [-0.25, -0.2) is 0 Å². The number of β-lactam (4-membered cyclic amide) rings is 1. The van der Waals surface area contributed by atoms with E-state index in [1.54, 1.807) is 19.1 Å². The predicted octanol–water partition coefficient (Wildman–Crippen LogP) is 2.72. The fraction of sp³-hybridized carbons (Fsp3) is 0.714. The number of methoxy groups -OCH3 is 2. The summed E-state index contributed by atoms with van der Waals surface area (Å²) >= 11 is 0. The van der Waals surface area contributed by atoms with Crippen LogP contribution in [0.2, 0.25) is 0 Å². The van der Waals surface area contributed by atoms with Crippen molar-refractivity contribution < 1.29 is 19.0 Å². The summed E-state index contributed by atoms with van der Waals surface area (Å²) in [7, 11) is 3.20. The first kappa shape index (κ1) is 20.2. The Bertz CT molecular complexity index is 664. The van der Waals surface area contributed by atoms with Gasteiger partial charge in [-0.15, -0.1) is 0 Å². The van der Waals surface area contributed by atoms with Crippen molar-refractivity contribution in [1.82, 2.24) is 9.88 Å². The van der Waals surface area contributed by atoms with Gasteiger partial charge >= 0.3 is 0 Å². The summed E-state index contributed by atoms with van der Waals surface area (Å²) < 4.78 is 16.5. The van der Waals surface area contributed by atoms with Gasteiger partial charge in [0.15, 0.2) is 5.60 Å². The van der Waals surface area contributed by atoms with Gasteiger partial charge in [0, 0.05) is 32.5 Å². The quantitative estimate of drug-likeness (QED) is 0.490. The summed E-state index contributed by atoms with van der Waals surface area (Å²) in [5, 5.41) is 0. The molecule has 1 fully saturated rings. The first-order valence-electron chi connectivity index (χ1n) is 9.92. The number of nitrogens with zero attached hydrogens (tertiary/aromatic N) is 2. The van der Waals surface area contributed by atoms with Crippen LogP contribution < -0.4 is 0 Å². The molecule has 1 aromatic heterocycles. The lowest BCUT2D eigenvalue weighted by Gasteiger charge is -2.55. The van der Waals surface area contributed by atoms with Gasteiger partial charge in [-0.05, 0) is 55.2 Å². The van der Waals surface area contributed by atoms with Crippen LogP contribution >= 0.6 is 0 Å². The average molecular weight is 376 g/mol. The number of carbonyl (C=O) groups is 1. The molecule has 0 bridgehead atoms. The van der Waals surface area contributed by atoms with Crippen molar-refractivity contribution >= 4 is 5.91 Å². The molecule has 1 aliphatic heterocycles. The van der Waals surface area contributed by atoms with Gasteiger partial charge < -0.3 is 19.1 Å². The monoisotopic (exact) mass is 376 g/mol. The van der Waals surface area contributed by atoms with Gasteiger partial charge in [0.2, 0.25) is 0 Å². The van der Waals surface area contributed by atoms with Crippen LogP contribution in [-0.4, -0.2) is 55.2 Å². The summed E-state index contributed by atoms with van der Waals surface area (Å²) in [5.74, 6) is 0.410.